The predicted molar refractivity (Wildman–Crippen MR) is 121 cm³/mol. The van der Waals surface area contributed by atoms with Crippen molar-refractivity contribution in [1.82, 2.24) is 14.5 Å². The van der Waals surface area contributed by atoms with Crippen molar-refractivity contribution < 1.29 is 4.79 Å². The van der Waals surface area contributed by atoms with Crippen LogP contribution in [0.1, 0.15) is 44.1 Å². The van der Waals surface area contributed by atoms with Crippen LogP contribution in [0.25, 0.3) is 20.7 Å². The molecule has 0 radical (unpaired) electrons. The molecule has 30 heavy (non-hydrogen) atoms. The van der Waals surface area contributed by atoms with Gasteiger partial charge < -0.3 is 4.90 Å². The molecule has 1 aliphatic heterocycles. The highest BCUT2D eigenvalue weighted by molar-refractivity contribution is 7.22. The van der Waals surface area contributed by atoms with Crippen molar-refractivity contribution in [3.8, 4) is 10.4 Å². The van der Waals surface area contributed by atoms with E-state index < -0.39 is 0 Å². The van der Waals surface area contributed by atoms with Gasteiger partial charge in [0.05, 0.1) is 11.7 Å². The maximum Gasteiger partial charge on any atom is 0.262 e. The molecule has 1 saturated carbocycles. The van der Waals surface area contributed by atoms with Gasteiger partial charge in [0.15, 0.2) is 0 Å². The molecule has 1 aromatic carbocycles. The summed E-state index contributed by atoms with van der Waals surface area (Å²) in [5.74, 6) is 0.701. The molecule has 2 atom stereocenters. The Morgan fingerprint density at radius 2 is 1.90 bits per heavy atom. The van der Waals surface area contributed by atoms with Gasteiger partial charge in [-0.1, -0.05) is 43.2 Å². The molecule has 156 valence electrons. The fourth-order valence-corrected chi connectivity index (χ4v) is 6.45. The number of aryl methyl sites for hydroxylation is 1. The van der Waals surface area contributed by atoms with Gasteiger partial charge in [-0.3, -0.25) is 14.2 Å². The molecule has 3 heterocycles. The molecule has 0 bridgehead atoms. The third-order valence-electron chi connectivity index (χ3n) is 6.82. The van der Waals surface area contributed by atoms with Crippen LogP contribution in [-0.2, 0) is 11.3 Å². The second-order valence-corrected chi connectivity index (χ2v) is 9.62. The summed E-state index contributed by atoms with van der Waals surface area (Å²) in [6, 6.07) is 10.5. The lowest BCUT2D eigenvalue weighted by Crippen LogP contribution is -2.51. The average Bonchev–Trinajstić information content (AvgIpc) is 3.13. The number of hydrogen-bond donors (Lipinski definition) is 0. The second kappa shape index (κ2) is 7.99. The van der Waals surface area contributed by atoms with E-state index in [4.69, 9.17) is 0 Å². The Kier molecular flexibility index (Phi) is 5.19. The number of fused-ring (bicyclic) bond motifs is 2. The zero-order chi connectivity index (χ0) is 20.7. The van der Waals surface area contributed by atoms with Gasteiger partial charge in [-0.25, -0.2) is 4.98 Å². The van der Waals surface area contributed by atoms with E-state index in [2.05, 4.69) is 22.0 Å². The van der Waals surface area contributed by atoms with Crippen LogP contribution in [0.5, 0.6) is 0 Å². The number of piperidine rings is 1. The van der Waals surface area contributed by atoms with Crippen LogP contribution >= 0.6 is 11.3 Å². The van der Waals surface area contributed by atoms with Gasteiger partial charge in [0.25, 0.3) is 5.56 Å². The third-order valence-corrected chi connectivity index (χ3v) is 8.07. The number of aromatic nitrogens is 2. The topological polar surface area (TPSA) is 55.2 Å². The zero-order valence-corrected chi connectivity index (χ0v) is 18.2. The number of benzene rings is 1. The van der Waals surface area contributed by atoms with Gasteiger partial charge in [0.2, 0.25) is 5.91 Å². The fourth-order valence-electron chi connectivity index (χ4n) is 5.31. The van der Waals surface area contributed by atoms with E-state index in [1.165, 1.54) is 30.3 Å². The predicted octanol–water partition coefficient (Wildman–Crippen LogP) is 4.61. The number of thiophene rings is 1. The average molecular weight is 422 g/mol. The van der Waals surface area contributed by atoms with Crippen LogP contribution in [0.4, 0.5) is 0 Å². The first-order valence-corrected chi connectivity index (χ1v) is 11.8. The lowest BCUT2D eigenvalue weighted by atomic mass is 9.78. The number of amides is 1. The van der Waals surface area contributed by atoms with E-state index in [1.807, 2.05) is 25.1 Å². The molecule has 1 aliphatic carbocycles. The number of carbonyl (C=O) groups is 1. The highest BCUT2D eigenvalue weighted by Crippen LogP contribution is 2.36. The van der Waals surface area contributed by atoms with Crippen molar-refractivity contribution in [2.45, 2.75) is 58.0 Å². The van der Waals surface area contributed by atoms with Crippen molar-refractivity contribution in [1.29, 1.82) is 0 Å². The number of likely N-dealkylation sites (tertiary alicyclic amines) is 1. The van der Waals surface area contributed by atoms with Gasteiger partial charge in [-0.2, -0.15) is 0 Å². The normalized spacial score (nSPS) is 21.6. The van der Waals surface area contributed by atoms with Crippen LogP contribution in [0.2, 0.25) is 0 Å². The Balaban J connectivity index is 1.45. The number of carbonyl (C=O) groups excluding carboxylic acids is 1. The lowest BCUT2D eigenvalue weighted by molar-refractivity contribution is -0.138. The van der Waals surface area contributed by atoms with Crippen molar-refractivity contribution >= 4 is 27.5 Å². The Hall–Kier alpha value is -2.47. The van der Waals surface area contributed by atoms with E-state index in [0.717, 1.165) is 40.2 Å². The SMILES string of the molecule is Cc1c(-c2ccccc2)sc2ncn(CC(=O)N3CCC[C@H]4CCCC[C@H]43)c(=O)c12. The van der Waals surface area contributed by atoms with Crippen LogP contribution in [0.15, 0.2) is 41.5 Å². The molecular formula is C24H27N3O2S. The molecule has 0 spiro atoms. The molecule has 6 heteroatoms. The lowest BCUT2D eigenvalue weighted by Gasteiger charge is -2.44. The molecule has 2 aliphatic rings. The minimum Gasteiger partial charge on any atom is -0.338 e. The molecule has 5 rings (SSSR count). The highest BCUT2D eigenvalue weighted by Gasteiger charge is 2.35. The fraction of sp³-hybridized carbons (Fsp3) is 0.458. The summed E-state index contributed by atoms with van der Waals surface area (Å²) in [7, 11) is 0. The van der Waals surface area contributed by atoms with Crippen molar-refractivity contribution in [2.75, 3.05) is 6.54 Å². The molecule has 3 aromatic rings. The Morgan fingerprint density at radius 1 is 1.13 bits per heavy atom. The first-order chi connectivity index (χ1) is 14.6. The number of hydrogen-bond acceptors (Lipinski definition) is 4. The monoisotopic (exact) mass is 421 g/mol. The molecular weight excluding hydrogens is 394 g/mol. The van der Waals surface area contributed by atoms with Gasteiger partial charge in [-0.05, 0) is 49.7 Å². The van der Waals surface area contributed by atoms with Crippen LogP contribution in [-0.4, -0.2) is 32.9 Å². The zero-order valence-electron chi connectivity index (χ0n) is 17.3. The summed E-state index contributed by atoms with van der Waals surface area (Å²) in [5, 5.41) is 0.642. The van der Waals surface area contributed by atoms with E-state index in [0.29, 0.717) is 17.3 Å². The standard InChI is InChI=1S/C24H27N3O2S/c1-16-21-23(30-22(16)18-9-3-2-4-10-18)25-15-26(24(21)29)14-20(28)27-13-7-11-17-8-5-6-12-19(17)27/h2-4,9-10,15,17,19H,5-8,11-14H2,1H3/t17-,19-/m1/s1. The summed E-state index contributed by atoms with van der Waals surface area (Å²) in [6.07, 6.45) is 8.68. The molecule has 0 N–H and O–H groups in total. The van der Waals surface area contributed by atoms with Gasteiger partial charge in [0, 0.05) is 17.5 Å². The molecule has 0 unspecified atom stereocenters. The minimum absolute atomic E-state index is 0.0611. The van der Waals surface area contributed by atoms with Crippen LogP contribution < -0.4 is 5.56 Å². The Labute approximate surface area is 180 Å². The van der Waals surface area contributed by atoms with E-state index in [9.17, 15) is 9.59 Å². The Bertz CT molecular complexity index is 1130. The van der Waals surface area contributed by atoms with E-state index >= 15 is 0 Å². The quantitative estimate of drug-likeness (QED) is 0.620. The molecule has 2 aromatic heterocycles. The van der Waals surface area contributed by atoms with Crippen molar-refractivity contribution in [2.24, 2.45) is 5.92 Å². The minimum atomic E-state index is -0.110. The first kappa shape index (κ1) is 19.5. The van der Waals surface area contributed by atoms with E-state index in [-0.39, 0.29) is 18.0 Å². The first-order valence-electron chi connectivity index (χ1n) is 11.0. The molecule has 1 saturated heterocycles. The van der Waals surface area contributed by atoms with Gasteiger partial charge >= 0.3 is 0 Å². The summed E-state index contributed by atoms with van der Waals surface area (Å²) < 4.78 is 1.51. The number of nitrogens with zero attached hydrogens (tertiary/aromatic N) is 3. The highest BCUT2D eigenvalue weighted by atomic mass is 32.1. The van der Waals surface area contributed by atoms with E-state index in [1.54, 1.807) is 17.7 Å². The largest absolute Gasteiger partial charge is 0.338 e. The maximum atomic E-state index is 13.3. The van der Waals surface area contributed by atoms with Gasteiger partial charge in [0.1, 0.15) is 11.4 Å². The summed E-state index contributed by atoms with van der Waals surface area (Å²) in [4.78, 5) is 34.8. The summed E-state index contributed by atoms with van der Waals surface area (Å²) in [6.45, 7) is 2.88. The van der Waals surface area contributed by atoms with Crippen LogP contribution in [0.3, 0.4) is 0 Å². The Morgan fingerprint density at radius 3 is 2.73 bits per heavy atom. The molecule has 2 fully saturated rings. The number of rotatable bonds is 3. The van der Waals surface area contributed by atoms with Crippen molar-refractivity contribution in [3.05, 3.63) is 52.6 Å². The van der Waals surface area contributed by atoms with Crippen LogP contribution in [0, 0.1) is 12.8 Å². The van der Waals surface area contributed by atoms with Crippen molar-refractivity contribution in [3.63, 3.8) is 0 Å². The second-order valence-electron chi connectivity index (χ2n) is 8.62. The summed E-state index contributed by atoms with van der Waals surface area (Å²) in [5.41, 5.74) is 1.93. The molecule has 5 nitrogen and oxygen atoms in total. The van der Waals surface area contributed by atoms with Gasteiger partial charge in [-0.15, -0.1) is 11.3 Å². The smallest absolute Gasteiger partial charge is 0.262 e. The third kappa shape index (κ3) is 3.37. The maximum absolute atomic E-state index is 13.3. The summed E-state index contributed by atoms with van der Waals surface area (Å²) >= 11 is 1.54. The molecule has 1 amide bonds.